The SMILES string of the molecule is CCCN1C(=O)CC(N)(N)N(CC)C1=O. The lowest BCUT2D eigenvalue weighted by atomic mass is 10.1. The Morgan fingerprint density at radius 2 is 1.93 bits per heavy atom. The molecule has 1 heterocycles. The molecular weight excluding hydrogens is 196 g/mol. The van der Waals surface area contributed by atoms with Gasteiger partial charge in [0.05, 0.1) is 6.42 Å². The maximum absolute atomic E-state index is 11.8. The Bertz CT molecular complexity index is 277. The number of hydrogen-bond donors (Lipinski definition) is 2. The third-order valence-corrected chi connectivity index (χ3v) is 2.46. The minimum Gasteiger partial charge on any atom is -0.296 e. The topological polar surface area (TPSA) is 92.7 Å². The monoisotopic (exact) mass is 214 g/mol. The third kappa shape index (κ3) is 2.10. The zero-order valence-corrected chi connectivity index (χ0v) is 9.19. The molecule has 86 valence electrons. The normalized spacial score (nSPS) is 21.1. The van der Waals surface area contributed by atoms with E-state index in [1.54, 1.807) is 6.92 Å². The minimum atomic E-state index is -1.34. The average Bonchev–Trinajstić information content (AvgIpc) is 2.11. The fourth-order valence-corrected chi connectivity index (χ4v) is 1.74. The summed E-state index contributed by atoms with van der Waals surface area (Å²) in [5.41, 5.74) is 11.4. The number of nitrogens with two attached hydrogens (primary N) is 2. The van der Waals surface area contributed by atoms with Crippen molar-refractivity contribution in [3.63, 3.8) is 0 Å². The van der Waals surface area contributed by atoms with Gasteiger partial charge in [0.1, 0.15) is 0 Å². The van der Waals surface area contributed by atoms with Gasteiger partial charge in [0.15, 0.2) is 5.79 Å². The summed E-state index contributed by atoms with van der Waals surface area (Å²) in [5.74, 6) is -1.63. The second kappa shape index (κ2) is 4.16. The first-order valence-electron chi connectivity index (χ1n) is 5.13. The molecule has 1 rings (SSSR count). The van der Waals surface area contributed by atoms with Gasteiger partial charge in [-0.05, 0) is 13.3 Å². The summed E-state index contributed by atoms with van der Waals surface area (Å²) in [5, 5.41) is 0. The summed E-state index contributed by atoms with van der Waals surface area (Å²) in [7, 11) is 0. The molecule has 6 heteroatoms. The number of carbonyl (C=O) groups excluding carboxylic acids is 2. The largest absolute Gasteiger partial charge is 0.329 e. The molecule has 6 nitrogen and oxygen atoms in total. The Balaban J connectivity index is 2.90. The number of rotatable bonds is 3. The minimum absolute atomic E-state index is 0.0213. The maximum atomic E-state index is 11.8. The second-order valence-electron chi connectivity index (χ2n) is 3.74. The molecule has 0 aromatic rings. The van der Waals surface area contributed by atoms with E-state index in [1.807, 2.05) is 6.92 Å². The third-order valence-electron chi connectivity index (χ3n) is 2.46. The molecule has 1 aliphatic heterocycles. The van der Waals surface area contributed by atoms with Crippen molar-refractivity contribution in [1.82, 2.24) is 9.80 Å². The van der Waals surface area contributed by atoms with Crippen molar-refractivity contribution < 1.29 is 9.59 Å². The van der Waals surface area contributed by atoms with E-state index in [1.165, 1.54) is 9.80 Å². The molecule has 15 heavy (non-hydrogen) atoms. The van der Waals surface area contributed by atoms with Gasteiger partial charge in [-0.3, -0.25) is 26.1 Å². The van der Waals surface area contributed by atoms with E-state index in [0.29, 0.717) is 13.1 Å². The molecule has 0 aromatic carbocycles. The Labute approximate surface area is 89.2 Å². The maximum Gasteiger partial charge on any atom is 0.329 e. The highest BCUT2D eigenvalue weighted by atomic mass is 16.2. The van der Waals surface area contributed by atoms with Crippen LogP contribution in [0.3, 0.4) is 0 Å². The van der Waals surface area contributed by atoms with Crippen LogP contribution in [0.5, 0.6) is 0 Å². The predicted molar refractivity (Wildman–Crippen MR) is 55.5 cm³/mol. The van der Waals surface area contributed by atoms with Crippen LogP contribution in [0.1, 0.15) is 26.7 Å². The first-order valence-corrected chi connectivity index (χ1v) is 5.13. The van der Waals surface area contributed by atoms with Crippen molar-refractivity contribution in [2.45, 2.75) is 32.5 Å². The van der Waals surface area contributed by atoms with Gasteiger partial charge in [-0.2, -0.15) is 0 Å². The number of urea groups is 1. The smallest absolute Gasteiger partial charge is 0.296 e. The highest BCUT2D eigenvalue weighted by Gasteiger charge is 2.43. The molecule has 1 fully saturated rings. The van der Waals surface area contributed by atoms with Gasteiger partial charge in [-0.25, -0.2) is 4.79 Å². The lowest BCUT2D eigenvalue weighted by molar-refractivity contribution is -0.135. The van der Waals surface area contributed by atoms with Crippen LogP contribution in [0.15, 0.2) is 0 Å². The number of nitrogens with zero attached hydrogens (tertiary/aromatic N) is 2. The first-order chi connectivity index (χ1) is 6.94. The van der Waals surface area contributed by atoms with Crippen LogP contribution in [-0.2, 0) is 4.79 Å². The Morgan fingerprint density at radius 1 is 1.33 bits per heavy atom. The molecule has 0 radical (unpaired) electrons. The summed E-state index contributed by atoms with van der Waals surface area (Å²) in [4.78, 5) is 26.0. The molecule has 0 aliphatic carbocycles. The molecule has 0 atom stereocenters. The molecule has 0 saturated carbocycles. The van der Waals surface area contributed by atoms with Gasteiger partial charge < -0.3 is 0 Å². The van der Waals surface area contributed by atoms with Crippen molar-refractivity contribution in [2.24, 2.45) is 11.5 Å². The molecule has 0 unspecified atom stereocenters. The van der Waals surface area contributed by atoms with E-state index < -0.39 is 5.79 Å². The lowest BCUT2D eigenvalue weighted by Gasteiger charge is -2.44. The standard InChI is InChI=1S/C9H18N4O2/c1-3-5-12-7(14)6-9(10,11)13(4-2)8(12)15/h3-6,10-11H2,1-2H3. The van der Waals surface area contributed by atoms with E-state index in [4.69, 9.17) is 11.5 Å². The molecule has 0 bridgehead atoms. The highest BCUT2D eigenvalue weighted by molar-refractivity contribution is 5.97. The molecule has 1 aliphatic rings. The van der Waals surface area contributed by atoms with E-state index in [9.17, 15) is 9.59 Å². The van der Waals surface area contributed by atoms with Gasteiger partial charge in [0.2, 0.25) is 5.91 Å². The zero-order chi connectivity index (χ0) is 11.6. The van der Waals surface area contributed by atoms with Crippen molar-refractivity contribution in [3.05, 3.63) is 0 Å². The summed E-state index contributed by atoms with van der Waals surface area (Å²) in [6, 6.07) is -0.388. The lowest BCUT2D eigenvalue weighted by Crippen LogP contribution is -2.72. The van der Waals surface area contributed by atoms with E-state index in [-0.39, 0.29) is 18.4 Å². The molecule has 4 N–H and O–H groups in total. The van der Waals surface area contributed by atoms with Crippen LogP contribution >= 0.6 is 0 Å². The molecular formula is C9H18N4O2. The van der Waals surface area contributed by atoms with Crippen LogP contribution in [0.25, 0.3) is 0 Å². The quantitative estimate of drug-likeness (QED) is 0.627. The predicted octanol–water partition coefficient (Wildman–Crippen LogP) is -0.358. The van der Waals surface area contributed by atoms with Crippen molar-refractivity contribution in [2.75, 3.05) is 13.1 Å². The highest BCUT2D eigenvalue weighted by Crippen LogP contribution is 2.19. The molecule has 0 aromatic heterocycles. The summed E-state index contributed by atoms with van der Waals surface area (Å²) in [6.45, 7) is 4.51. The van der Waals surface area contributed by atoms with Crippen molar-refractivity contribution in [3.8, 4) is 0 Å². The Hall–Kier alpha value is -1.14. The second-order valence-corrected chi connectivity index (χ2v) is 3.74. The van der Waals surface area contributed by atoms with Gasteiger partial charge in [0, 0.05) is 13.1 Å². The average molecular weight is 214 g/mol. The van der Waals surface area contributed by atoms with Crippen LogP contribution < -0.4 is 11.5 Å². The molecule has 0 spiro atoms. The van der Waals surface area contributed by atoms with E-state index in [2.05, 4.69) is 0 Å². The molecule has 3 amide bonds. The summed E-state index contributed by atoms with van der Waals surface area (Å²) in [6.07, 6.45) is 0.712. The fraction of sp³-hybridized carbons (Fsp3) is 0.778. The van der Waals surface area contributed by atoms with Crippen LogP contribution in [0.4, 0.5) is 4.79 Å². The Morgan fingerprint density at radius 3 is 2.40 bits per heavy atom. The van der Waals surface area contributed by atoms with E-state index in [0.717, 1.165) is 6.42 Å². The van der Waals surface area contributed by atoms with Crippen molar-refractivity contribution in [1.29, 1.82) is 0 Å². The van der Waals surface area contributed by atoms with Crippen LogP contribution in [0, 0.1) is 0 Å². The van der Waals surface area contributed by atoms with Crippen LogP contribution in [-0.4, -0.2) is 40.6 Å². The Kier molecular flexibility index (Phi) is 3.31. The number of carbonyl (C=O) groups is 2. The fourth-order valence-electron chi connectivity index (χ4n) is 1.74. The summed E-state index contributed by atoms with van der Waals surface area (Å²) < 4.78 is 0. The summed E-state index contributed by atoms with van der Waals surface area (Å²) >= 11 is 0. The van der Waals surface area contributed by atoms with Gasteiger partial charge in [-0.15, -0.1) is 0 Å². The van der Waals surface area contributed by atoms with Gasteiger partial charge in [0.25, 0.3) is 0 Å². The molecule has 1 saturated heterocycles. The van der Waals surface area contributed by atoms with Crippen molar-refractivity contribution >= 4 is 11.9 Å². The zero-order valence-electron chi connectivity index (χ0n) is 9.19. The van der Waals surface area contributed by atoms with Gasteiger partial charge in [-0.1, -0.05) is 6.92 Å². The van der Waals surface area contributed by atoms with Gasteiger partial charge >= 0.3 is 6.03 Å². The first kappa shape index (κ1) is 11.9. The number of hydrogen-bond acceptors (Lipinski definition) is 4. The number of amides is 3. The number of imide groups is 1. The van der Waals surface area contributed by atoms with Crippen LogP contribution in [0.2, 0.25) is 0 Å². The van der Waals surface area contributed by atoms with E-state index >= 15 is 0 Å².